The van der Waals surface area contributed by atoms with E-state index in [1.165, 1.54) is 0 Å². The second-order valence-corrected chi connectivity index (χ2v) is 4.43. The Bertz CT molecular complexity index is 257. The summed E-state index contributed by atoms with van der Waals surface area (Å²) in [6, 6.07) is -0.147. The van der Waals surface area contributed by atoms with Gasteiger partial charge in [0, 0.05) is 12.8 Å². The fraction of sp³-hybridized carbons (Fsp3) is 0.900. The first-order valence-electron chi connectivity index (χ1n) is 5.45. The van der Waals surface area contributed by atoms with Gasteiger partial charge in [0.05, 0.1) is 0 Å². The molecule has 1 aliphatic heterocycles. The summed E-state index contributed by atoms with van der Waals surface area (Å²) in [5.74, 6) is -2.08. The van der Waals surface area contributed by atoms with Crippen molar-refractivity contribution >= 4 is 5.97 Å². The molecule has 0 spiro atoms. The van der Waals surface area contributed by atoms with E-state index in [2.05, 4.69) is 4.84 Å². The first-order chi connectivity index (χ1) is 7.28. The van der Waals surface area contributed by atoms with E-state index in [-0.39, 0.29) is 10.7 Å². The first-order valence-corrected chi connectivity index (χ1v) is 5.45. The van der Waals surface area contributed by atoms with Gasteiger partial charge in [-0.15, -0.1) is 4.65 Å². The Hall–Kier alpha value is -0.780. The third-order valence-corrected chi connectivity index (χ3v) is 3.01. The monoisotopic (exact) mass is 240 g/mol. The molecule has 0 aliphatic carbocycles. The third-order valence-electron chi connectivity index (χ3n) is 3.01. The van der Waals surface area contributed by atoms with Crippen LogP contribution >= 0.6 is 0 Å². The van der Waals surface area contributed by atoms with E-state index in [0.29, 0.717) is 13.1 Å². The molecule has 0 unspecified atom stereocenters. The number of piperidine rings is 1. The van der Waals surface area contributed by atoms with Gasteiger partial charge in [0.1, 0.15) is 19.1 Å². The lowest BCUT2D eigenvalue weighted by molar-refractivity contribution is -1.11. The third kappa shape index (κ3) is 2.87. The van der Waals surface area contributed by atoms with Gasteiger partial charge in [-0.2, -0.15) is 13.2 Å². The van der Waals surface area contributed by atoms with Crippen molar-refractivity contribution in [3.8, 4) is 0 Å². The average molecular weight is 240 g/mol. The minimum Gasteiger partial charge on any atom is -0.266 e. The van der Waals surface area contributed by atoms with Crippen molar-refractivity contribution in [2.75, 3.05) is 13.1 Å². The summed E-state index contributed by atoms with van der Waals surface area (Å²) < 4.78 is 36.3. The molecule has 1 aliphatic rings. The molecule has 1 saturated heterocycles. The molecule has 6 heteroatoms. The topological polar surface area (TPSA) is 26.3 Å². The zero-order chi connectivity index (χ0) is 12.4. The molecule has 0 aromatic rings. The molecule has 16 heavy (non-hydrogen) atoms. The summed E-state index contributed by atoms with van der Waals surface area (Å²) in [5.41, 5.74) is 0. The Morgan fingerprint density at radius 3 is 2.06 bits per heavy atom. The fourth-order valence-electron chi connectivity index (χ4n) is 1.98. The Labute approximate surface area is 92.7 Å². The van der Waals surface area contributed by atoms with Gasteiger partial charge in [-0.05, 0) is 20.3 Å². The summed E-state index contributed by atoms with van der Waals surface area (Å²) in [6.07, 6.45) is -2.33. The largest absolute Gasteiger partial charge is 0.497 e. The highest BCUT2D eigenvalue weighted by molar-refractivity contribution is 5.74. The number of rotatable bonds is 2. The van der Waals surface area contributed by atoms with Crippen LogP contribution in [0.15, 0.2) is 0 Å². The molecular weight excluding hydrogens is 223 g/mol. The van der Waals surface area contributed by atoms with E-state index in [9.17, 15) is 18.0 Å². The van der Waals surface area contributed by atoms with Crippen molar-refractivity contribution in [1.29, 1.82) is 0 Å². The van der Waals surface area contributed by atoms with E-state index >= 15 is 0 Å². The predicted octanol–water partition coefficient (Wildman–Crippen LogP) is 2.42. The van der Waals surface area contributed by atoms with Gasteiger partial charge in [0.15, 0.2) is 0 Å². The number of carbonyl (C=O) groups is 1. The highest BCUT2D eigenvalue weighted by Crippen LogP contribution is 2.27. The molecule has 0 aromatic heterocycles. The predicted molar refractivity (Wildman–Crippen MR) is 51.1 cm³/mol. The number of nitrogens with zero attached hydrogens (tertiary/aromatic N) is 1. The molecule has 1 heterocycles. The number of hydrogen-bond donors (Lipinski definition) is 0. The smallest absolute Gasteiger partial charge is 0.266 e. The lowest BCUT2D eigenvalue weighted by Crippen LogP contribution is -2.58. The maximum absolute atomic E-state index is 12.2. The standard InChI is InChI=1S/C10H17F3NO2/c1-8(2)14(6-4-3-5-7-14)16-9(15)10(11,12)13/h8H,3-7H2,1-2H3/q+1. The van der Waals surface area contributed by atoms with Crippen LogP contribution in [0.25, 0.3) is 0 Å². The lowest BCUT2D eigenvalue weighted by Gasteiger charge is -2.40. The number of carbonyl (C=O) groups excluding carboxylic acids is 1. The normalized spacial score (nSPS) is 20.9. The van der Waals surface area contributed by atoms with Crippen LogP contribution in [-0.4, -0.2) is 35.9 Å². The number of hydrogen-bond acceptors (Lipinski definition) is 2. The van der Waals surface area contributed by atoms with Crippen molar-refractivity contribution in [1.82, 2.24) is 0 Å². The van der Waals surface area contributed by atoms with Gasteiger partial charge in [-0.1, -0.05) is 0 Å². The van der Waals surface area contributed by atoms with Gasteiger partial charge in [-0.3, -0.25) is 4.84 Å². The van der Waals surface area contributed by atoms with Gasteiger partial charge in [0.2, 0.25) is 0 Å². The van der Waals surface area contributed by atoms with Crippen LogP contribution in [-0.2, 0) is 9.63 Å². The highest BCUT2D eigenvalue weighted by Gasteiger charge is 2.49. The molecule has 0 saturated carbocycles. The number of alkyl halides is 3. The minimum absolute atomic E-state index is 0.147. The Kier molecular flexibility index (Phi) is 3.83. The SMILES string of the molecule is CC(C)[N+]1(OC(=O)C(F)(F)F)CCCCC1. The minimum atomic E-state index is -4.91. The molecule has 0 aromatic carbocycles. The van der Waals surface area contributed by atoms with E-state index in [1.807, 2.05) is 0 Å². The van der Waals surface area contributed by atoms with Crippen LogP contribution in [0.2, 0.25) is 0 Å². The molecule has 0 N–H and O–H groups in total. The molecular formula is C10H17F3NO2+. The first kappa shape index (κ1) is 13.3. The van der Waals surface area contributed by atoms with Crippen LogP contribution in [0.4, 0.5) is 13.2 Å². The van der Waals surface area contributed by atoms with Crippen molar-refractivity contribution < 1.29 is 27.4 Å². The number of likely N-dealkylation sites (tertiary alicyclic amines) is 1. The molecule has 1 rings (SSSR count). The highest BCUT2D eigenvalue weighted by atomic mass is 19.4. The number of quaternary nitrogens is 1. The Morgan fingerprint density at radius 1 is 1.19 bits per heavy atom. The molecule has 1 fully saturated rings. The molecule has 94 valence electrons. The van der Waals surface area contributed by atoms with Crippen molar-refractivity contribution in [2.45, 2.75) is 45.3 Å². The van der Waals surface area contributed by atoms with Crippen molar-refractivity contribution in [3.05, 3.63) is 0 Å². The molecule has 0 amide bonds. The fourth-order valence-corrected chi connectivity index (χ4v) is 1.98. The number of hydroxylamine groups is 3. The molecule has 0 radical (unpaired) electrons. The summed E-state index contributed by atoms with van der Waals surface area (Å²) in [5, 5.41) is 0. The van der Waals surface area contributed by atoms with Gasteiger partial charge < -0.3 is 0 Å². The van der Waals surface area contributed by atoms with E-state index < -0.39 is 12.1 Å². The van der Waals surface area contributed by atoms with Crippen molar-refractivity contribution in [2.24, 2.45) is 0 Å². The van der Waals surface area contributed by atoms with Gasteiger partial charge >= 0.3 is 12.1 Å². The summed E-state index contributed by atoms with van der Waals surface area (Å²) in [7, 11) is 0. The van der Waals surface area contributed by atoms with Crippen LogP contribution in [0, 0.1) is 0 Å². The van der Waals surface area contributed by atoms with E-state index in [0.717, 1.165) is 19.3 Å². The molecule has 3 nitrogen and oxygen atoms in total. The summed E-state index contributed by atoms with van der Waals surface area (Å²) in [6.45, 7) is 4.49. The zero-order valence-corrected chi connectivity index (χ0v) is 9.51. The average Bonchev–Trinajstić information content (AvgIpc) is 2.17. The maximum atomic E-state index is 12.2. The Balaban J connectivity index is 2.75. The number of halogens is 3. The van der Waals surface area contributed by atoms with Crippen LogP contribution in [0.1, 0.15) is 33.1 Å². The van der Waals surface area contributed by atoms with E-state index in [1.54, 1.807) is 13.8 Å². The lowest BCUT2D eigenvalue weighted by atomic mass is 10.1. The second-order valence-electron chi connectivity index (χ2n) is 4.43. The molecule has 0 atom stereocenters. The zero-order valence-electron chi connectivity index (χ0n) is 9.51. The van der Waals surface area contributed by atoms with Gasteiger partial charge in [-0.25, -0.2) is 4.79 Å². The van der Waals surface area contributed by atoms with Crippen LogP contribution < -0.4 is 0 Å². The van der Waals surface area contributed by atoms with Gasteiger partial charge in [0.25, 0.3) is 0 Å². The van der Waals surface area contributed by atoms with Crippen LogP contribution in [0.5, 0.6) is 0 Å². The van der Waals surface area contributed by atoms with E-state index in [4.69, 9.17) is 0 Å². The van der Waals surface area contributed by atoms with Crippen LogP contribution in [0.3, 0.4) is 0 Å². The summed E-state index contributed by atoms with van der Waals surface area (Å²) >= 11 is 0. The second kappa shape index (κ2) is 4.61. The Morgan fingerprint density at radius 2 is 1.69 bits per heavy atom. The maximum Gasteiger partial charge on any atom is 0.497 e. The molecule has 0 bridgehead atoms. The summed E-state index contributed by atoms with van der Waals surface area (Å²) in [4.78, 5) is 15.6. The quantitative estimate of drug-likeness (QED) is 0.693. The van der Waals surface area contributed by atoms with Crippen molar-refractivity contribution in [3.63, 3.8) is 0 Å².